The topological polar surface area (TPSA) is 111 Å². The van der Waals surface area contributed by atoms with E-state index in [1.165, 1.54) is 23.5 Å². The predicted octanol–water partition coefficient (Wildman–Crippen LogP) is 3.55. The highest BCUT2D eigenvalue weighted by atomic mass is 32.1. The Morgan fingerprint density at radius 3 is 2.64 bits per heavy atom. The number of H-pyrrole nitrogens is 2. The lowest BCUT2D eigenvalue weighted by molar-refractivity contribution is 0.0698. The molecule has 3 rings (SSSR count). The van der Waals surface area contributed by atoms with E-state index in [0.29, 0.717) is 5.69 Å². The highest BCUT2D eigenvalue weighted by molar-refractivity contribution is 7.13. The van der Waals surface area contributed by atoms with Crippen molar-refractivity contribution in [3.8, 4) is 10.6 Å². The van der Waals surface area contributed by atoms with Gasteiger partial charge in [-0.2, -0.15) is 0 Å². The summed E-state index contributed by atoms with van der Waals surface area (Å²) in [6.07, 6.45) is 0. The van der Waals surface area contributed by atoms with Crippen LogP contribution in [-0.2, 0) is 0 Å². The van der Waals surface area contributed by atoms with Crippen LogP contribution >= 0.6 is 11.3 Å². The fourth-order valence-electron chi connectivity index (χ4n) is 1.89. The number of aromatic nitrogens is 2. The van der Waals surface area contributed by atoms with E-state index in [1.807, 2.05) is 17.5 Å². The number of hydrogen-bond acceptors (Lipinski definition) is 5. The van der Waals surface area contributed by atoms with Crippen molar-refractivity contribution < 1.29 is 9.90 Å². The zero-order chi connectivity index (χ0) is 15.5. The lowest BCUT2D eigenvalue weighted by Gasteiger charge is -1.98. The SMILES string of the molecule is O=C(O)c1ccccc1N=Nc1c(-c2cccs2)[nH][nH]c1=O. The first-order valence-electron chi connectivity index (χ1n) is 6.25. The van der Waals surface area contributed by atoms with Crippen molar-refractivity contribution in [1.29, 1.82) is 0 Å². The molecule has 0 bridgehead atoms. The van der Waals surface area contributed by atoms with Gasteiger partial charge in [-0.05, 0) is 23.6 Å². The van der Waals surface area contributed by atoms with Crippen LogP contribution in [0.15, 0.2) is 56.8 Å². The minimum absolute atomic E-state index is 0.0240. The Kier molecular flexibility index (Phi) is 3.67. The fourth-order valence-corrected chi connectivity index (χ4v) is 2.62. The predicted molar refractivity (Wildman–Crippen MR) is 82.3 cm³/mol. The van der Waals surface area contributed by atoms with Gasteiger partial charge in [-0.25, -0.2) is 4.79 Å². The van der Waals surface area contributed by atoms with Gasteiger partial charge < -0.3 is 5.11 Å². The molecule has 0 saturated carbocycles. The van der Waals surface area contributed by atoms with Crippen LogP contribution < -0.4 is 5.56 Å². The minimum Gasteiger partial charge on any atom is -0.478 e. The van der Waals surface area contributed by atoms with E-state index in [1.54, 1.807) is 12.1 Å². The molecule has 3 N–H and O–H groups in total. The number of benzene rings is 1. The summed E-state index contributed by atoms with van der Waals surface area (Å²) in [5.41, 5.74) is 0.433. The van der Waals surface area contributed by atoms with E-state index in [4.69, 9.17) is 5.11 Å². The smallest absolute Gasteiger partial charge is 0.337 e. The standard InChI is InChI=1S/C14H10N4O3S/c19-13-12(11(16-18-13)10-6-3-7-22-10)17-15-9-5-2-1-4-8(9)14(20)21/h1-7H,(H,20,21)(H2,16,18,19). The second-order valence-corrected chi connectivity index (χ2v) is 5.25. The Hall–Kier alpha value is -3.00. The van der Waals surface area contributed by atoms with Crippen LogP contribution in [0, 0.1) is 0 Å². The third-order valence-electron chi connectivity index (χ3n) is 2.91. The number of nitrogens with zero attached hydrogens (tertiary/aromatic N) is 2. The molecular formula is C14H10N4O3S. The molecule has 110 valence electrons. The fraction of sp³-hybridized carbons (Fsp3) is 0. The summed E-state index contributed by atoms with van der Waals surface area (Å²) in [5.74, 6) is -1.10. The molecule has 7 nitrogen and oxygen atoms in total. The van der Waals surface area contributed by atoms with E-state index in [0.717, 1.165) is 4.88 Å². The number of thiophene rings is 1. The highest BCUT2D eigenvalue weighted by Crippen LogP contribution is 2.30. The van der Waals surface area contributed by atoms with Gasteiger partial charge in [0.1, 0.15) is 11.4 Å². The van der Waals surface area contributed by atoms with E-state index < -0.39 is 11.5 Å². The molecule has 2 aromatic heterocycles. The van der Waals surface area contributed by atoms with Gasteiger partial charge in [0.2, 0.25) is 0 Å². The van der Waals surface area contributed by atoms with Crippen molar-refractivity contribution in [2.24, 2.45) is 10.2 Å². The molecule has 0 aliphatic carbocycles. The summed E-state index contributed by atoms with van der Waals surface area (Å²) in [7, 11) is 0. The molecule has 3 aromatic rings. The van der Waals surface area contributed by atoms with Gasteiger partial charge in [-0.15, -0.1) is 21.6 Å². The lowest BCUT2D eigenvalue weighted by atomic mass is 10.2. The number of nitrogens with one attached hydrogen (secondary N) is 2. The monoisotopic (exact) mass is 314 g/mol. The molecule has 0 aliphatic heterocycles. The van der Waals surface area contributed by atoms with Gasteiger partial charge in [-0.1, -0.05) is 18.2 Å². The summed E-state index contributed by atoms with van der Waals surface area (Å²) in [5, 5.41) is 24.0. The Morgan fingerprint density at radius 1 is 1.09 bits per heavy atom. The lowest BCUT2D eigenvalue weighted by Crippen LogP contribution is -1.97. The van der Waals surface area contributed by atoms with Crippen LogP contribution in [0.4, 0.5) is 11.4 Å². The van der Waals surface area contributed by atoms with Gasteiger partial charge in [0.05, 0.1) is 10.4 Å². The zero-order valence-corrected chi connectivity index (χ0v) is 11.9. The number of carbonyl (C=O) groups is 1. The summed E-state index contributed by atoms with van der Waals surface area (Å²) in [6.45, 7) is 0. The van der Waals surface area contributed by atoms with Gasteiger partial charge in [-0.3, -0.25) is 15.0 Å². The molecule has 0 fully saturated rings. The van der Waals surface area contributed by atoms with Crippen molar-refractivity contribution >= 4 is 28.7 Å². The van der Waals surface area contributed by atoms with E-state index in [9.17, 15) is 9.59 Å². The third kappa shape index (κ3) is 2.59. The van der Waals surface area contributed by atoms with Crippen molar-refractivity contribution in [3.05, 3.63) is 57.7 Å². The van der Waals surface area contributed by atoms with E-state index in [-0.39, 0.29) is 16.9 Å². The first kappa shape index (κ1) is 14.0. The number of azo groups is 1. The third-order valence-corrected chi connectivity index (χ3v) is 3.80. The summed E-state index contributed by atoms with van der Waals surface area (Å²) in [4.78, 5) is 23.8. The van der Waals surface area contributed by atoms with Crippen LogP contribution in [-0.4, -0.2) is 21.3 Å². The maximum atomic E-state index is 11.8. The average Bonchev–Trinajstić information content (AvgIpc) is 3.15. The number of hydrogen-bond donors (Lipinski definition) is 3. The largest absolute Gasteiger partial charge is 0.478 e. The molecule has 0 unspecified atom stereocenters. The second-order valence-electron chi connectivity index (χ2n) is 4.30. The molecule has 0 spiro atoms. The van der Waals surface area contributed by atoms with Crippen molar-refractivity contribution in [2.45, 2.75) is 0 Å². The summed E-state index contributed by atoms with van der Waals surface area (Å²) >= 11 is 1.45. The average molecular weight is 314 g/mol. The number of carboxylic acid groups (broad SMARTS) is 1. The quantitative estimate of drug-likeness (QED) is 0.640. The zero-order valence-electron chi connectivity index (χ0n) is 11.1. The molecule has 0 aliphatic rings. The number of carboxylic acids is 1. The first-order valence-corrected chi connectivity index (χ1v) is 7.13. The Morgan fingerprint density at radius 2 is 1.91 bits per heavy atom. The number of aromatic amines is 2. The second kappa shape index (κ2) is 5.78. The summed E-state index contributed by atoms with van der Waals surface area (Å²) in [6, 6.07) is 9.90. The Bertz CT molecular complexity index is 893. The molecule has 0 atom stereocenters. The highest BCUT2D eigenvalue weighted by Gasteiger charge is 2.13. The molecule has 22 heavy (non-hydrogen) atoms. The summed E-state index contributed by atoms with van der Waals surface area (Å²) < 4.78 is 0. The molecule has 0 radical (unpaired) electrons. The first-order chi connectivity index (χ1) is 10.7. The van der Waals surface area contributed by atoms with Gasteiger partial charge >= 0.3 is 5.97 Å². The molecule has 0 saturated heterocycles. The van der Waals surface area contributed by atoms with Crippen LogP contribution in [0.25, 0.3) is 10.6 Å². The van der Waals surface area contributed by atoms with Crippen molar-refractivity contribution in [3.63, 3.8) is 0 Å². The Balaban J connectivity index is 2.03. The number of aromatic carboxylic acids is 1. The normalized spacial score (nSPS) is 11.1. The van der Waals surface area contributed by atoms with Crippen LogP contribution in [0.1, 0.15) is 10.4 Å². The molecule has 2 heterocycles. The maximum Gasteiger partial charge on any atom is 0.337 e. The van der Waals surface area contributed by atoms with E-state index in [2.05, 4.69) is 20.4 Å². The van der Waals surface area contributed by atoms with Crippen LogP contribution in [0.3, 0.4) is 0 Å². The van der Waals surface area contributed by atoms with Gasteiger partial charge in [0.15, 0.2) is 5.69 Å². The molecular weight excluding hydrogens is 304 g/mol. The van der Waals surface area contributed by atoms with Crippen LogP contribution in [0.5, 0.6) is 0 Å². The van der Waals surface area contributed by atoms with Crippen molar-refractivity contribution in [2.75, 3.05) is 0 Å². The minimum atomic E-state index is -1.10. The van der Waals surface area contributed by atoms with E-state index >= 15 is 0 Å². The van der Waals surface area contributed by atoms with Gasteiger partial charge in [0, 0.05) is 0 Å². The molecule has 1 aromatic carbocycles. The molecule has 8 heteroatoms. The van der Waals surface area contributed by atoms with Crippen LogP contribution in [0.2, 0.25) is 0 Å². The molecule has 0 amide bonds. The maximum absolute atomic E-state index is 11.8. The number of rotatable bonds is 4. The van der Waals surface area contributed by atoms with Crippen molar-refractivity contribution in [1.82, 2.24) is 10.2 Å². The van der Waals surface area contributed by atoms with Gasteiger partial charge in [0.25, 0.3) is 5.56 Å². The Labute approximate surface area is 128 Å².